The summed E-state index contributed by atoms with van der Waals surface area (Å²) in [5.74, 6) is 1.09. The molecule has 0 atom stereocenters. The van der Waals surface area contributed by atoms with Crippen LogP contribution in [0.3, 0.4) is 0 Å². The van der Waals surface area contributed by atoms with Gasteiger partial charge < -0.3 is 15.5 Å². The molecule has 0 aromatic heterocycles. The lowest BCUT2D eigenvalue weighted by Gasteiger charge is -2.49. The molecule has 1 aliphatic rings. The number of nitrogens with two attached hydrogens (primary N) is 1. The third-order valence-corrected chi connectivity index (χ3v) is 5.77. The predicted molar refractivity (Wildman–Crippen MR) is 94.3 cm³/mol. The molecule has 21 heavy (non-hydrogen) atoms. The van der Waals surface area contributed by atoms with E-state index in [1.165, 1.54) is 35.4 Å². The average molecular weight is 308 g/mol. The smallest absolute Gasteiger partial charge is 0.0421 e. The monoisotopic (exact) mass is 307 g/mol. The molecular weight excluding hydrogens is 278 g/mol. The SMILES string of the molecule is CCSc1cccc(N(C)CC2(N(C)C)CCC2)c1CN. The van der Waals surface area contributed by atoms with Crippen LogP contribution in [0.2, 0.25) is 0 Å². The van der Waals surface area contributed by atoms with Gasteiger partial charge in [-0.15, -0.1) is 11.8 Å². The van der Waals surface area contributed by atoms with E-state index in [2.05, 4.69) is 56.1 Å². The number of thioether (sulfide) groups is 1. The lowest BCUT2D eigenvalue weighted by molar-refractivity contribution is 0.0683. The van der Waals surface area contributed by atoms with E-state index in [-0.39, 0.29) is 0 Å². The van der Waals surface area contributed by atoms with E-state index in [1.54, 1.807) is 0 Å². The topological polar surface area (TPSA) is 32.5 Å². The highest BCUT2D eigenvalue weighted by atomic mass is 32.2. The lowest BCUT2D eigenvalue weighted by atomic mass is 9.75. The first-order valence-electron chi connectivity index (χ1n) is 7.87. The standard InChI is InChI=1S/C17H29N3S/c1-5-21-16-9-6-8-15(14(16)12-18)20(4)13-17(19(2)3)10-7-11-17/h6,8-9H,5,7,10-13,18H2,1-4H3. The predicted octanol–water partition coefficient (Wildman–Crippen LogP) is 3.18. The summed E-state index contributed by atoms with van der Waals surface area (Å²) in [6.07, 6.45) is 3.94. The molecule has 3 nitrogen and oxygen atoms in total. The summed E-state index contributed by atoms with van der Waals surface area (Å²) < 4.78 is 0. The molecule has 0 spiro atoms. The normalized spacial score (nSPS) is 16.9. The summed E-state index contributed by atoms with van der Waals surface area (Å²) in [7, 11) is 6.62. The van der Waals surface area contributed by atoms with E-state index in [0.717, 1.165) is 12.3 Å². The summed E-state index contributed by atoms with van der Waals surface area (Å²) in [5.41, 5.74) is 8.97. The van der Waals surface area contributed by atoms with E-state index in [9.17, 15) is 0 Å². The maximum absolute atomic E-state index is 6.04. The molecule has 0 amide bonds. The van der Waals surface area contributed by atoms with Crippen LogP contribution in [-0.2, 0) is 6.54 Å². The number of anilines is 1. The Morgan fingerprint density at radius 2 is 1.95 bits per heavy atom. The van der Waals surface area contributed by atoms with Crippen molar-refractivity contribution in [3.05, 3.63) is 23.8 Å². The molecule has 0 unspecified atom stereocenters. The summed E-state index contributed by atoms with van der Waals surface area (Å²) in [4.78, 5) is 6.14. The van der Waals surface area contributed by atoms with Crippen molar-refractivity contribution < 1.29 is 0 Å². The van der Waals surface area contributed by atoms with Crippen LogP contribution in [0, 0.1) is 0 Å². The van der Waals surface area contributed by atoms with Crippen LogP contribution in [0.5, 0.6) is 0 Å². The Bertz CT molecular complexity index is 469. The molecule has 4 heteroatoms. The first-order valence-corrected chi connectivity index (χ1v) is 8.86. The molecule has 118 valence electrons. The number of rotatable bonds is 7. The molecule has 2 rings (SSSR count). The Kier molecular flexibility index (Phi) is 5.58. The minimum atomic E-state index is 0.342. The first kappa shape index (κ1) is 16.7. The number of hydrogen-bond donors (Lipinski definition) is 1. The average Bonchev–Trinajstić information content (AvgIpc) is 2.42. The van der Waals surface area contributed by atoms with Crippen molar-refractivity contribution in [3.63, 3.8) is 0 Å². The van der Waals surface area contributed by atoms with Crippen molar-refractivity contribution in [1.29, 1.82) is 0 Å². The molecule has 1 aromatic rings. The van der Waals surface area contributed by atoms with Crippen molar-refractivity contribution >= 4 is 17.4 Å². The van der Waals surface area contributed by atoms with Crippen molar-refractivity contribution in [3.8, 4) is 0 Å². The maximum atomic E-state index is 6.04. The second-order valence-electron chi connectivity index (χ2n) is 6.22. The molecule has 0 radical (unpaired) electrons. The van der Waals surface area contributed by atoms with Gasteiger partial charge in [0.05, 0.1) is 0 Å². The van der Waals surface area contributed by atoms with Crippen molar-refractivity contribution in [1.82, 2.24) is 4.90 Å². The molecule has 2 N–H and O–H groups in total. The van der Waals surface area contributed by atoms with E-state index >= 15 is 0 Å². The van der Waals surface area contributed by atoms with Gasteiger partial charge in [0.25, 0.3) is 0 Å². The number of hydrogen-bond acceptors (Lipinski definition) is 4. The molecular formula is C17H29N3S. The molecule has 0 heterocycles. The molecule has 1 saturated carbocycles. The summed E-state index contributed by atoms with van der Waals surface area (Å²) in [5, 5.41) is 0. The van der Waals surface area contributed by atoms with Gasteiger partial charge in [0.15, 0.2) is 0 Å². The maximum Gasteiger partial charge on any atom is 0.0421 e. The van der Waals surface area contributed by atoms with Crippen LogP contribution in [0.25, 0.3) is 0 Å². The fraction of sp³-hybridized carbons (Fsp3) is 0.647. The minimum Gasteiger partial charge on any atom is -0.372 e. The fourth-order valence-corrected chi connectivity index (χ4v) is 4.11. The zero-order valence-corrected chi connectivity index (χ0v) is 14.7. The van der Waals surface area contributed by atoms with Crippen LogP contribution in [0.1, 0.15) is 31.7 Å². The second kappa shape index (κ2) is 7.03. The number of benzene rings is 1. The first-order chi connectivity index (χ1) is 10.0. The molecule has 0 bridgehead atoms. The van der Waals surface area contributed by atoms with E-state index in [1.807, 2.05) is 11.8 Å². The Morgan fingerprint density at radius 3 is 2.43 bits per heavy atom. The Labute approximate surface area is 133 Å². The Balaban J connectivity index is 2.22. The Morgan fingerprint density at radius 1 is 1.24 bits per heavy atom. The second-order valence-corrected chi connectivity index (χ2v) is 7.53. The summed E-state index contributed by atoms with van der Waals surface area (Å²) in [6, 6.07) is 6.56. The van der Waals surface area contributed by atoms with Gasteiger partial charge in [0.2, 0.25) is 0 Å². The van der Waals surface area contributed by atoms with Gasteiger partial charge in [-0.05, 0) is 51.2 Å². The zero-order valence-electron chi connectivity index (χ0n) is 13.9. The molecule has 0 aliphatic heterocycles. The van der Waals surface area contributed by atoms with Crippen molar-refractivity contribution in [2.45, 2.75) is 43.2 Å². The third kappa shape index (κ3) is 3.38. The van der Waals surface area contributed by atoms with Crippen LogP contribution in [0.4, 0.5) is 5.69 Å². The fourth-order valence-electron chi connectivity index (χ4n) is 3.27. The van der Waals surface area contributed by atoms with E-state index in [0.29, 0.717) is 12.1 Å². The third-order valence-electron chi connectivity index (χ3n) is 4.79. The zero-order chi connectivity index (χ0) is 15.5. The van der Waals surface area contributed by atoms with Crippen molar-refractivity contribution in [2.24, 2.45) is 5.73 Å². The number of nitrogens with zero attached hydrogens (tertiary/aromatic N) is 2. The van der Waals surface area contributed by atoms with E-state index in [4.69, 9.17) is 5.73 Å². The highest BCUT2D eigenvalue weighted by Crippen LogP contribution is 2.38. The highest BCUT2D eigenvalue weighted by molar-refractivity contribution is 7.99. The largest absolute Gasteiger partial charge is 0.372 e. The molecule has 1 aliphatic carbocycles. The van der Waals surface area contributed by atoms with Gasteiger partial charge in [0, 0.05) is 41.8 Å². The van der Waals surface area contributed by atoms with Gasteiger partial charge in [-0.1, -0.05) is 13.0 Å². The van der Waals surface area contributed by atoms with Crippen LogP contribution < -0.4 is 10.6 Å². The Hall–Kier alpha value is -0.710. The molecule has 1 fully saturated rings. The van der Waals surface area contributed by atoms with Crippen LogP contribution in [0.15, 0.2) is 23.1 Å². The quantitative estimate of drug-likeness (QED) is 0.784. The van der Waals surface area contributed by atoms with Gasteiger partial charge in [-0.3, -0.25) is 0 Å². The molecule has 0 saturated heterocycles. The van der Waals surface area contributed by atoms with Gasteiger partial charge >= 0.3 is 0 Å². The van der Waals surface area contributed by atoms with Crippen molar-refractivity contribution in [2.75, 3.05) is 38.3 Å². The van der Waals surface area contributed by atoms with E-state index < -0.39 is 0 Å². The van der Waals surface area contributed by atoms with Gasteiger partial charge in [-0.2, -0.15) is 0 Å². The lowest BCUT2D eigenvalue weighted by Crippen LogP contribution is -2.56. The summed E-state index contributed by atoms with van der Waals surface area (Å²) in [6.45, 7) is 3.88. The number of likely N-dealkylation sites (N-methyl/N-ethyl adjacent to an activating group) is 2. The minimum absolute atomic E-state index is 0.342. The summed E-state index contributed by atoms with van der Waals surface area (Å²) >= 11 is 1.88. The van der Waals surface area contributed by atoms with Gasteiger partial charge in [0.1, 0.15) is 0 Å². The highest BCUT2D eigenvalue weighted by Gasteiger charge is 2.40. The molecule has 1 aromatic carbocycles. The van der Waals surface area contributed by atoms with Gasteiger partial charge in [-0.25, -0.2) is 0 Å². The van der Waals surface area contributed by atoms with Crippen LogP contribution >= 0.6 is 11.8 Å². The van der Waals surface area contributed by atoms with Crippen LogP contribution in [-0.4, -0.2) is 43.9 Å².